The molecule has 1 heterocycles. The molecule has 0 N–H and O–H groups in total. The van der Waals surface area contributed by atoms with Crippen LogP contribution in [0, 0.1) is 5.82 Å². The molecule has 0 fully saturated rings. The molecule has 0 aliphatic rings. The molecule has 6 heteroatoms. The summed E-state index contributed by atoms with van der Waals surface area (Å²) in [5.41, 5.74) is -0.351. The van der Waals surface area contributed by atoms with Crippen LogP contribution in [0.2, 0.25) is 0 Å². The fraction of sp³-hybridized carbons (Fsp3) is 0.150. The van der Waals surface area contributed by atoms with Crippen molar-refractivity contribution in [2.75, 3.05) is 13.1 Å². The number of hydrogen-bond acceptors (Lipinski definition) is 3. The van der Waals surface area contributed by atoms with E-state index in [2.05, 4.69) is 13.2 Å². The van der Waals surface area contributed by atoms with Crippen molar-refractivity contribution < 1.29 is 14.0 Å². The Hall–Kier alpha value is -3.28. The van der Waals surface area contributed by atoms with Gasteiger partial charge in [0.2, 0.25) is 0 Å². The van der Waals surface area contributed by atoms with Crippen LogP contribution in [0.1, 0.15) is 16.4 Å². The maximum atomic E-state index is 13.2. The molecule has 2 aromatic rings. The monoisotopic (exact) mass is 354 g/mol. The third kappa shape index (κ3) is 4.22. The first-order chi connectivity index (χ1) is 12.5. The van der Waals surface area contributed by atoms with Crippen LogP contribution >= 0.6 is 0 Å². The minimum absolute atomic E-state index is 0.137. The predicted octanol–water partition coefficient (Wildman–Crippen LogP) is 2.61. The van der Waals surface area contributed by atoms with Gasteiger partial charge in [0.1, 0.15) is 5.82 Å². The van der Waals surface area contributed by atoms with Crippen molar-refractivity contribution in [3.63, 3.8) is 0 Å². The zero-order valence-corrected chi connectivity index (χ0v) is 14.2. The molecule has 0 saturated carbocycles. The second-order valence-corrected chi connectivity index (χ2v) is 5.54. The van der Waals surface area contributed by atoms with Gasteiger partial charge >= 0.3 is 0 Å². The molecule has 0 saturated heterocycles. The Morgan fingerprint density at radius 3 is 2.23 bits per heavy atom. The van der Waals surface area contributed by atoms with Crippen LogP contribution in [-0.2, 0) is 4.79 Å². The second kappa shape index (κ2) is 8.71. The highest BCUT2D eigenvalue weighted by Crippen LogP contribution is 2.17. The molecular formula is C20H19FN2O3. The molecule has 0 aliphatic heterocycles. The van der Waals surface area contributed by atoms with Gasteiger partial charge in [-0.2, -0.15) is 0 Å². The Balaban J connectivity index is 2.53. The highest BCUT2D eigenvalue weighted by molar-refractivity contribution is 6.11. The van der Waals surface area contributed by atoms with E-state index in [0.717, 1.165) is 16.7 Å². The van der Waals surface area contributed by atoms with Crippen molar-refractivity contribution >= 4 is 11.7 Å². The van der Waals surface area contributed by atoms with Crippen molar-refractivity contribution in [2.45, 2.75) is 6.04 Å². The van der Waals surface area contributed by atoms with Crippen LogP contribution in [0.25, 0.3) is 0 Å². The number of halogens is 1. The number of carbonyl (C=O) groups is 2. The molecular weight excluding hydrogens is 335 g/mol. The zero-order valence-electron chi connectivity index (χ0n) is 14.2. The van der Waals surface area contributed by atoms with E-state index < -0.39 is 29.1 Å². The van der Waals surface area contributed by atoms with Crippen LogP contribution < -0.4 is 5.56 Å². The first kappa shape index (κ1) is 19.1. The molecule has 0 bridgehead atoms. The number of carbonyl (C=O) groups excluding carboxylic acids is 2. The fourth-order valence-corrected chi connectivity index (χ4v) is 2.52. The summed E-state index contributed by atoms with van der Waals surface area (Å²) in [5.74, 6) is -1.66. The van der Waals surface area contributed by atoms with Gasteiger partial charge in [0.05, 0.1) is 0 Å². The van der Waals surface area contributed by atoms with Gasteiger partial charge in [0, 0.05) is 30.9 Å². The topological polar surface area (TPSA) is 59.4 Å². The van der Waals surface area contributed by atoms with Gasteiger partial charge in [-0.1, -0.05) is 18.2 Å². The van der Waals surface area contributed by atoms with Gasteiger partial charge in [-0.25, -0.2) is 4.39 Å². The summed E-state index contributed by atoms with van der Waals surface area (Å²) in [4.78, 5) is 39.6. The summed E-state index contributed by atoms with van der Waals surface area (Å²) < 4.78 is 14.2. The van der Waals surface area contributed by atoms with E-state index >= 15 is 0 Å². The standard InChI is InChI=1S/C20H19FN2O3/c1-3-12-22(13-4-2)20(26)18(23-14-6-5-7-17(23)24)19(25)15-8-10-16(21)11-9-15/h3-11,14,18H,1-2,12-13H2. The van der Waals surface area contributed by atoms with Crippen molar-refractivity contribution in [1.82, 2.24) is 9.47 Å². The van der Waals surface area contributed by atoms with E-state index in [1.807, 2.05) is 0 Å². The second-order valence-electron chi connectivity index (χ2n) is 5.54. The largest absolute Gasteiger partial charge is 0.333 e. The third-order valence-electron chi connectivity index (χ3n) is 3.75. The van der Waals surface area contributed by atoms with E-state index in [-0.39, 0.29) is 18.7 Å². The lowest BCUT2D eigenvalue weighted by Crippen LogP contribution is -2.43. The fourth-order valence-electron chi connectivity index (χ4n) is 2.52. The molecule has 1 atom stereocenters. The Kier molecular flexibility index (Phi) is 6.38. The normalized spacial score (nSPS) is 11.4. The number of Topliss-reactive ketones (excluding diaryl/α,β-unsaturated/α-hetero) is 1. The maximum absolute atomic E-state index is 13.2. The van der Waals surface area contributed by atoms with Crippen LogP contribution in [0.4, 0.5) is 4.39 Å². The molecule has 5 nitrogen and oxygen atoms in total. The first-order valence-electron chi connectivity index (χ1n) is 7.97. The van der Waals surface area contributed by atoms with Crippen LogP contribution in [-0.4, -0.2) is 34.2 Å². The summed E-state index contributed by atoms with van der Waals surface area (Å²) in [5, 5.41) is 0. The predicted molar refractivity (Wildman–Crippen MR) is 97.4 cm³/mol. The summed E-state index contributed by atoms with van der Waals surface area (Å²) in [6.07, 6.45) is 4.43. The average molecular weight is 354 g/mol. The van der Waals surface area contributed by atoms with Gasteiger partial charge in [0.25, 0.3) is 11.5 Å². The molecule has 1 unspecified atom stereocenters. The van der Waals surface area contributed by atoms with E-state index in [0.29, 0.717) is 0 Å². The minimum atomic E-state index is -1.39. The van der Waals surface area contributed by atoms with Crippen LogP contribution in [0.5, 0.6) is 0 Å². The quantitative estimate of drug-likeness (QED) is 0.416. The van der Waals surface area contributed by atoms with E-state index in [9.17, 15) is 18.8 Å². The highest BCUT2D eigenvalue weighted by Gasteiger charge is 2.32. The zero-order chi connectivity index (χ0) is 19.1. The number of pyridine rings is 1. The van der Waals surface area contributed by atoms with Gasteiger partial charge in [0.15, 0.2) is 11.8 Å². The van der Waals surface area contributed by atoms with E-state index in [1.54, 1.807) is 6.07 Å². The Morgan fingerprint density at radius 1 is 1.08 bits per heavy atom. The molecule has 1 aromatic carbocycles. The number of benzene rings is 1. The van der Waals surface area contributed by atoms with Crippen LogP contribution in [0.3, 0.4) is 0 Å². The number of hydrogen-bond donors (Lipinski definition) is 0. The molecule has 0 aliphatic carbocycles. The summed E-state index contributed by atoms with van der Waals surface area (Å²) in [7, 11) is 0. The summed E-state index contributed by atoms with van der Waals surface area (Å²) in [6.45, 7) is 7.60. The first-order valence-corrected chi connectivity index (χ1v) is 7.97. The summed E-state index contributed by atoms with van der Waals surface area (Å²) in [6, 6.07) is 7.80. The Labute approximate surface area is 150 Å². The lowest BCUT2D eigenvalue weighted by molar-refractivity contribution is -0.132. The Bertz CT molecular complexity index is 861. The van der Waals surface area contributed by atoms with E-state index in [1.165, 1.54) is 47.5 Å². The molecule has 2 rings (SSSR count). The Morgan fingerprint density at radius 2 is 1.69 bits per heavy atom. The SMILES string of the molecule is C=CCN(CC=C)C(=O)C(C(=O)c1ccc(F)cc1)n1ccccc1=O. The number of aromatic nitrogens is 1. The molecule has 26 heavy (non-hydrogen) atoms. The van der Waals surface area contributed by atoms with Gasteiger partial charge in [-0.05, 0) is 30.3 Å². The average Bonchev–Trinajstić information content (AvgIpc) is 2.63. The van der Waals surface area contributed by atoms with Crippen molar-refractivity contribution in [3.8, 4) is 0 Å². The smallest absolute Gasteiger partial charge is 0.254 e. The molecule has 0 spiro atoms. The van der Waals surface area contributed by atoms with Crippen molar-refractivity contribution in [3.05, 3.63) is 95.7 Å². The lowest BCUT2D eigenvalue weighted by Gasteiger charge is -2.26. The molecule has 1 aromatic heterocycles. The maximum Gasteiger partial charge on any atom is 0.254 e. The molecule has 0 radical (unpaired) electrons. The summed E-state index contributed by atoms with van der Waals surface area (Å²) >= 11 is 0. The lowest BCUT2D eigenvalue weighted by atomic mass is 10.0. The van der Waals surface area contributed by atoms with Gasteiger partial charge in [-0.15, -0.1) is 13.2 Å². The third-order valence-corrected chi connectivity index (χ3v) is 3.75. The highest BCUT2D eigenvalue weighted by atomic mass is 19.1. The minimum Gasteiger partial charge on any atom is -0.333 e. The molecule has 1 amide bonds. The number of nitrogens with zero attached hydrogens (tertiary/aromatic N) is 2. The number of ketones is 1. The number of rotatable bonds is 8. The van der Waals surface area contributed by atoms with Crippen molar-refractivity contribution in [2.24, 2.45) is 0 Å². The number of amides is 1. The van der Waals surface area contributed by atoms with E-state index in [4.69, 9.17) is 0 Å². The van der Waals surface area contributed by atoms with Crippen molar-refractivity contribution in [1.29, 1.82) is 0 Å². The van der Waals surface area contributed by atoms with Crippen LogP contribution in [0.15, 0.2) is 78.8 Å². The molecule has 134 valence electrons. The van der Waals surface area contributed by atoms with Gasteiger partial charge < -0.3 is 4.90 Å². The van der Waals surface area contributed by atoms with Gasteiger partial charge in [-0.3, -0.25) is 19.0 Å².